The second-order valence-electron chi connectivity index (χ2n) is 4.02. The van der Waals surface area contributed by atoms with E-state index in [1.807, 2.05) is 0 Å². The number of nitrogens with two attached hydrogens (primary N) is 1. The molecule has 0 amide bonds. The Morgan fingerprint density at radius 3 is 2.63 bits per heavy atom. The topological polar surface area (TPSA) is 47.3 Å². The maximum absolute atomic E-state index is 13.1. The molecule has 0 saturated heterocycles. The molecule has 3 nitrogen and oxygen atoms in total. The lowest BCUT2D eigenvalue weighted by Crippen LogP contribution is -2.04. The highest BCUT2D eigenvalue weighted by atomic mass is 19.2. The van der Waals surface area contributed by atoms with Crippen LogP contribution in [0.1, 0.15) is 5.56 Å². The number of hydrogen-bond donors (Lipinski definition) is 2. The van der Waals surface area contributed by atoms with Crippen LogP contribution in [-0.2, 0) is 6.54 Å². The molecule has 0 aliphatic rings. The fourth-order valence-electron chi connectivity index (χ4n) is 1.72. The Morgan fingerprint density at radius 1 is 1.16 bits per heavy atom. The molecule has 0 heterocycles. The van der Waals surface area contributed by atoms with Crippen LogP contribution < -0.4 is 15.8 Å². The Labute approximate surface area is 110 Å². The molecule has 3 N–H and O–H groups in total. The Hall–Kier alpha value is -2.30. The number of anilines is 2. The Kier molecular flexibility index (Phi) is 3.85. The lowest BCUT2D eigenvalue weighted by Gasteiger charge is -2.12. The largest absolute Gasteiger partial charge is 0.495 e. The summed E-state index contributed by atoms with van der Waals surface area (Å²) in [5.74, 6) is -1.15. The van der Waals surface area contributed by atoms with Crippen LogP contribution in [0.15, 0.2) is 36.4 Å². The second-order valence-corrected chi connectivity index (χ2v) is 4.02. The van der Waals surface area contributed by atoms with Gasteiger partial charge in [-0.1, -0.05) is 12.1 Å². The first-order valence-corrected chi connectivity index (χ1v) is 5.72. The molecule has 5 heteroatoms. The molecule has 0 radical (unpaired) electrons. The van der Waals surface area contributed by atoms with E-state index in [1.165, 1.54) is 13.2 Å². The second kappa shape index (κ2) is 5.56. The Morgan fingerprint density at radius 2 is 1.95 bits per heavy atom. The third kappa shape index (κ3) is 2.93. The van der Waals surface area contributed by atoms with Crippen molar-refractivity contribution in [3.8, 4) is 5.75 Å². The van der Waals surface area contributed by atoms with Crippen molar-refractivity contribution in [2.45, 2.75) is 6.54 Å². The van der Waals surface area contributed by atoms with Crippen molar-refractivity contribution in [1.82, 2.24) is 0 Å². The van der Waals surface area contributed by atoms with Crippen LogP contribution in [0, 0.1) is 11.6 Å². The number of hydrogen-bond acceptors (Lipinski definition) is 3. The van der Waals surface area contributed by atoms with Gasteiger partial charge in [-0.25, -0.2) is 8.78 Å². The lowest BCUT2D eigenvalue weighted by atomic mass is 10.2. The van der Waals surface area contributed by atoms with Crippen LogP contribution in [0.25, 0.3) is 0 Å². The zero-order valence-electron chi connectivity index (χ0n) is 10.4. The van der Waals surface area contributed by atoms with Gasteiger partial charge in [-0.15, -0.1) is 0 Å². The SMILES string of the molecule is COc1cccc(NCc2ccc(F)c(F)c2)c1N. The van der Waals surface area contributed by atoms with Gasteiger partial charge in [-0.2, -0.15) is 0 Å². The fourth-order valence-corrected chi connectivity index (χ4v) is 1.72. The van der Waals surface area contributed by atoms with Crippen molar-refractivity contribution in [3.63, 3.8) is 0 Å². The first-order chi connectivity index (χ1) is 9.11. The normalized spacial score (nSPS) is 10.3. The number of rotatable bonds is 4. The third-order valence-corrected chi connectivity index (χ3v) is 2.75. The molecular formula is C14H14F2N2O. The van der Waals surface area contributed by atoms with E-state index in [4.69, 9.17) is 10.5 Å². The number of halogens is 2. The molecule has 0 fully saturated rings. The van der Waals surface area contributed by atoms with E-state index in [-0.39, 0.29) is 0 Å². The monoisotopic (exact) mass is 264 g/mol. The van der Waals surface area contributed by atoms with Crippen LogP contribution in [0.3, 0.4) is 0 Å². The minimum absolute atomic E-state index is 0.342. The summed E-state index contributed by atoms with van der Waals surface area (Å²) in [6.07, 6.45) is 0. The van der Waals surface area contributed by atoms with E-state index in [0.29, 0.717) is 29.2 Å². The summed E-state index contributed by atoms with van der Waals surface area (Å²) < 4.78 is 30.9. The van der Waals surface area contributed by atoms with Gasteiger partial charge in [0.05, 0.1) is 18.5 Å². The number of ether oxygens (including phenoxy) is 1. The van der Waals surface area contributed by atoms with Gasteiger partial charge >= 0.3 is 0 Å². The van der Waals surface area contributed by atoms with Crippen LogP contribution in [0.4, 0.5) is 20.2 Å². The van der Waals surface area contributed by atoms with Gasteiger partial charge in [0.1, 0.15) is 5.75 Å². The molecule has 2 rings (SSSR count). The standard InChI is InChI=1S/C14H14F2N2O/c1-19-13-4-2-3-12(14(13)17)18-8-9-5-6-10(15)11(16)7-9/h2-7,18H,8,17H2,1H3. The van der Waals surface area contributed by atoms with Crippen molar-refractivity contribution < 1.29 is 13.5 Å². The molecule has 0 aliphatic heterocycles. The number of benzene rings is 2. The van der Waals surface area contributed by atoms with Crippen molar-refractivity contribution in [2.75, 3.05) is 18.2 Å². The Bertz CT molecular complexity index is 588. The minimum atomic E-state index is -0.863. The zero-order chi connectivity index (χ0) is 13.8. The molecule has 0 spiro atoms. The van der Waals surface area contributed by atoms with Crippen LogP contribution in [-0.4, -0.2) is 7.11 Å². The van der Waals surface area contributed by atoms with E-state index in [2.05, 4.69) is 5.32 Å². The number of nitrogen functional groups attached to an aromatic ring is 1. The molecule has 100 valence electrons. The van der Waals surface area contributed by atoms with Crippen molar-refractivity contribution in [2.24, 2.45) is 0 Å². The first-order valence-electron chi connectivity index (χ1n) is 5.72. The Balaban J connectivity index is 2.12. The predicted molar refractivity (Wildman–Crippen MR) is 71.1 cm³/mol. The van der Waals surface area contributed by atoms with E-state index < -0.39 is 11.6 Å². The van der Waals surface area contributed by atoms with Crippen molar-refractivity contribution >= 4 is 11.4 Å². The van der Waals surface area contributed by atoms with Crippen molar-refractivity contribution in [1.29, 1.82) is 0 Å². The first kappa shape index (κ1) is 13.1. The fraction of sp³-hybridized carbons (Fsp3) is 0.143. The molecule has 0 unspecified atom stereocenters. The summed E-state index contributed by atoms with van der Waals surface area (Å²) in [4.78, 5) is 0. The highest BCUT2D eigenvalue weighted by Crippen LogP contribution is 2.29. The molecular weight excluding hydrogens is 250 g/mol. The highest BCUT2D eigenvalue weighted by molar-refractivity contribution is 5.72. The predicted octanol–water partition coefficient (Wildman–Crippen LogP) is 3.17. The smallest absolute Gasteiger partial charge is 0.159 e. The quantitative estimate of drug-likeness (QED) is 0.834. The molecule has 0 aromatic heterocycles. The molecule has 0 saturated carbocycles. The van der Waals surface area contributed by atoms with Crippen LogP contribution in [0.5, 0.6) is 5.75 Å². The van der Waals surface area contributed by atoms with Gasteiger partial charge in [0.15, 0.2) is 11.6 Å². The van der Waals surface area contributed by atoms with Crippen molar-refractivity contribution in [3.05, 3.63) is 53.6 Å². The van der Waals surface area contributed by atoms with Gasteiger partial charge in [0.2, 0.25) is 0 Å². The zero-order valence-corrected chi connectivity index (χ0v) is 10.4. The number of nitrogens with one attached hydrogen (secondary N) is 1. The van der Waals surface area contributed by atoms with E-state index in [9.17, 15) is 8.78 Å². The van der Waals surface area contributed by atoms with Gasteiger partial charge in [-0.05, 0) is 29.8 Å². The van der Waals surface area contributed by atoms with Gasteiger partial charge in [0, 0.05) is 6.54 Å². The number of para-hydroxylation sites is 1. The summed E-state index contributed by atoms with van der Waals surface area (Å²) in [7, 11) is 1.53. The molecule has 19 heavy (non-hydrogen) atoms. The van der Waals surface area contributed by atoms with E-state index in [0.717, 1.165) is 12.1 Å². The molecule has 0 aliphatic carbocycles. The van der Waals surface area contributed by atoms with Crippen LogP contribution in [0.2, 0.25) is 0 Å². The summed E-state index contributed by atoms with van der Waals surface area (Å²) in [5.41, 5.74) is 7.68. The number of methoxy groups -OCH3 is 1. The summed E-state index contributed by atoms with van der Waals surface area (Å²) in [6.45, 7) is 0.342. The highest BCUT2D eigenvalue weighted by Gasteiger charge is 2.06. The maximum Gasteiger partial charge on any atom is 0.159 e. The van der Waals surface area contributed by atoms with E-state index in [1.54, 1.807) is 18.2 Å². The third-order valence-electron chi connectivity index (χ3n) is 2.75. The molecule has 2 aromatic carbocycles. The van der Waals surface area contributed by atoms with Gasteiger partial charge in [0.25, 0.3) is 0 Å². The molecule has 2 aromatic rings. The summed E-state index contributed by atoms with van der Waals surface area (Å²) >= 11 is 0. The summed E-state index contributed by atoms with van der Waals surface area (Å²) in [5, 5.41) is 3.06. The minimum Gasteiger partial charge on any atom is -0.495 e. The van der Waals surface area contributed by atoms with E-state index >= 15 is 0 Å². The average molecular weight is 264 g/mol. The lowest BCUT2D eigenvalue weighted by molar-refractivity contribution is 0.417. The summed E-state index contributed by atoms with van der Waals surface area (Å²) in [6, 6.07) is 9.10. The molecule has 0 atom stereocenters. The van der Waals surface area contributed by atoms with Crippen LogP contribution >= 0.6 is 0 Å². The average Bonchev–Trinajstić information content (AvgIpc) is 2.41. The van der Waals surface area contributed by atoms with Gasteiger partial charge in [-0.3, -0.25) is 0 Å². The van der Waals surface area contributed by atoms with Gasteiger partial charge < -0.3 is 15.8 Å². The maximum atomic E-state index is 13.1. The molecule has 0 bridgehead atoms.